The van der Waals surface area contributed by atoms with E-state index < -0.39 is 5.41 Å². The van der Waals surface area contributed by atoms with Crippen LogP contribution in [0.5, 0.6) is 0 Å². The van der Waals surface area contributed by atoms with E-state index in [1.54, 1.807) is 6.08 Å². The number of benzene rings is 11. The van der Waals surface area contributed by atoms with Crippen LogP contribution in [0.15, 0.2) is 316 Å². The van der Waals surface area contributed by atoms with Gasteiger partial charge in [0.1, 0.15) is 0 Å². The number of para-hydroxylation sites is 1. The Morgan fingerprint density at radius 2 is 0.939 bits per heavy atom. The van der Waals surface area contributed by atoms with E-state index in [4.69, 9.17) is 4.74 Å². The number of hydrogen-bond donors (Lipinski definition) is 0. The number of hydrogen-bond acceptors (Lipinski definition) is 2. The standard InChI is InChI=1S/C79H62N2O/c1-5-55(3)31-32-56(4)53-82-54-58-47-57(6-2)48-70(49-58)81-77-30-20-19-29-73(77)74-50-63(38-46-78(74)81)64-37-44-71-72-45-43-69(52-76(72)79(75(71)51-64,65-25-15-9-16-26-65)66-27-17-10-18-28-66)80(67-39-33-61(34-40-67)59-21-11-7-12-22-59)68-41-35-62(36-42-68)60-23-13-8-14-24-60/h5,7-52H,1,3-4,6,53-54H2,2H3/b32-31-. The Labute approximate surface area is 482 Å². The van der Waals surface area contributed by atoms with Crippen LogP contribution in [0.4, 0.5) is 17.1 Å². The molecular formula is C79H62N2O. The largest absolute Gasteiger partial charge is 0.372 e. The highest BCUT2D eigenvalue weighted by molar-refractivity contribution is 6.10. The summed E-state index contributed by atoms with van der Waals surface area (Å²) in [4.78, 5) is 2.42. The predicted molar refractivity (Wildman–Crippen MR) is 346 cm³/mol. The number of aryl methyl sites for hydroxylation is 1. The molecule has 1 aliphatic carbocycles. The van der Waals surface area contributed by atoms with Crippen LogP contribution in [0.1, 0.15) is 40.3 Å². The third-order valence-electron chi connectivity index (χ3n) is 16.3. The average molecular weight is 1060 g/mol. The summed E-state index contributed by atoms with van der Waals surface area (Å²) in [6.07, 6.45) is 6.50. The van der Waals surface area contributed by atoms with E-state index >= 15 is 0 Å². The molecule has 0 saturated heterocycles. The summed E-state index contributed by atoms with van der Waals surface area (Å²) in [7, 11) is 0. The summed E-state index contributed by atoms with van der Waals surface area (Å²) in [5.74, 6) is 0. The van der Waals surface area contributed by atoms with Gasteiger partial charge in [0.25, 0.3) is 0 Å². The molecule has 0 N–H and O–H groups in total. The van der Waals surface area contributed by atoms with Crippen LogP contribution in [0.3, 0.4) is 0 Å². The molecule has 12 aromatic rings. The van der Waals surface area contributed by atoms with Crippen molar-refractivity contribution in [1.82, 2.24) is 4.57 Å². The Morgan fingerprint density at radius 1 is 0.451 bits per heavy atom. The molecule has 0 saturated carbocycles. The van der Waals surface area contributed by atoms with Crippen molar-refractivity contribution in [3.8, 4) is 50.2 Å². The SMILES string of the molecule is C=CC(=C)/C=C\C(=C)COCc1cc(CC)cc(-n2c3ccccc3c3cc(-c4ccc5c(c4)C(c4ccccc4)(c4ccccc4)c4cc(N(c6ccc(-c7ccccc7)cc6)c6ccc(-c7ccccc7)cc6)ccc4-5)ccc32)c1. The minimum Gasteiger partial charge on any atom is -0.372 e. The molecule has 13 rings (SSSR count). The Kier molecular flexibility index (Phi) is 13.9. The quantitative estimate of drug-likeness (QED) is 0.0846. The van der Waals surface area contributed by atoms with Gasteiger partial charge in [-0.3, -0.25) is 0 Å². The third kappa shape index (κ3) is 9.51. The molecule has 0 atom stereocenters. The second kappa shape index (κ2) is 22.2. The molecule has 1 heterocycles. The molecule has 0 amide bonds. The highest BCUT2D eigenvalue weighted by Crippen LogP contribution is 2.58. The Bertz CT molecular complexity index is 4240. The maximum Gasteiger partial charge on any atom is 0.0722 e. The van der Waals surface area contributed by atoms with E-state index in [2.05, 4.69) is 303 Å². The molecule has 3 nitrogen and oxygen atoms in total. The van der Waals surface area contributed by atoms with E-state index in [0.717, 1.165) is 68.0 Å². The number of fused-ring (bicyclic) bond motifs is 6. The highest BCUT2D eigenvalue weighted by atomic mass is 16.5. The molecule has 394 valence electrons. The van der Waals surface area contributed by atoms with Crippen LogP contribution in [0.25, 0.3) is 72.0 Å². The van der Waals surface area contributed by atoms with Gasteiger partial charge in [-0.15, -0.1) is 0 Å². The van der Waals surface area contributed by atoms with Gasteiger partial charge in [-0.05, 0) is 168 Å². The number of ether oxygens (including phenoxy) is 1. The molecule has 82 heavy (non-hydrogen) atoms. The summed E-state index contributed by atoms with van der Waals surface area (Å²) in [5, 5.41) is 2.41. The zero-order valence-electron chi connectivity index (χ0n) is 46.2. The molecule has 0 bridgehead atoms. The van der Waals surface area contributed by atoms with E-state index in [1.807, 2.05) is 12.2 Å². The molecule has 1 aliphatic rings. The molecule has 0 aliphatic heterocycles. The smallest absolute Gasteiger partial charge is 0.0722 e. The molecule has 1 aromatic heterocycles. The van der Waals surface area contributed by atoms with Gasteiger partial charge >= 0.3 is 0 Å². The zero-order valence-corrected chi connectivity index (χ0v) is 46.2. The second-order valence-electron chi connectivity index (χ2n) is 21.3. The number of anilines is 3. The lowest BCUT2D eigenvalue weighted by Crippen LogP contribution is -2.28. The van der Waals surface area contributed by atoms with Gasteiger partial charge in [-0.25, -0.2) is 0 Å². The van der Waals surface area contributed by atoms with Gasteiger partial charge in [-0.1, -0.05) is 239 Å². The van der Waals surface area contributed by atoms with Crippen molar-refractivity contribution in [2.45, 2.75) is 25.4 Å². The average Bonchev–Trinajstić information content (AvgIpc) is 2.04. The van der Waals surface area contributed by atoms with Gasteiger partial charge < -0.3 is 14.2 Å². The van der Waals surface area contributed by atoms with Crippen LogP contribution in [-0.4, -0.2) is 11.2 Å². The number of nitrogens with zero attached hydrogens (tertiary/aromatic N) is 2. The minimum absolute atomic E-state index is 0.423. The first-order valence-electron chi connectivity index (χ1n) is 28.3. The highest BCUT2D eigenvalue weighted by Gasteiger charge is 2.46. The van der Waals surface area contributed by atoms with Gasteiger partial charge in [0.15, 0.2) is 0 Å². The molecule has 0 radical (unpaired) electrons. The maximum absolute atomic E-state index is 6.25. The molecular weight excluding hydrogens is 993 g/mol. The molecule has 0 spiro atoms. The molecule has 0 unspecified atom stereocenters. The summed E-state index contributed by atoms with van der Waals surface area (Å²) >= 11 is 0. The monoisotopic (exact) mass is 1050 g/mol. The first kappa shape index (κ1) is 51.4. The van der Waals surface area contributed by atoms with Gasteiger partial charge in [0.2, 0.25) is 0 Å². The Morgan fingerprint density at radius 3 is 1.55 bits per heavy atom. The van der Waals surface area contributed by atoms with Gasteiger partial charge in [-0.2, -0.15) is 0 Å². The first-order chi connectivity index (χ1) is 40.4. The summed E-state index contributed by atoms with van der Waals surface area (Å²) in [6.45, 7) is 15.1. The predicted octanol–water partition coefficient (Wildman–Crippen LogP) is 20.6. The van der Waals surface area contributed by atoms with Crippen LogP contribution >= 0.6 is 0 Å². The third-order valence-corrected chi connectivity index (χ3v) is 16.3. The molecule has 11 aromatic carbocycles. The fourth-order valence-electron chi connectivity index (χ4n) is 12.3. The molecule has 3 heteroatoms. The van der Waals surface area contributed by atoms with Gasteiger partial charge in [0, 0.05) is 33.5 Å². The van der Waals surface area contributed by atoms with E-state index in [1.165, 1.54) is 72.0 Å². The topological polar surface area (TPSA) is 17.4 Å². The lowest BCUT2D eigenvalue weighted by molar-refractivity contribution is 0.144. The van der Waals surface area contributed by atoms with Crippen molar-refractivity contribution < 1.29 is 4.74 Å². The zero-order chi connectivity index (χ0) is 55.6. The van der Waals surface area contributed by atoms with E-state index in [9.17, 15) is 0 Å². The van der Waals surface area contributed by atoms with Crippen molar-refractivity contribution in [1.29, 1.82) is 0 Å². The number of allylic oxidation sites excluding steroid dienone is 3. The van der Waals surface area contributed by atoms with Gasteiger partial charge in [0.05, 0.1) is 29.7 Å². The fraction of sp³-hybridized carbons (Fsp3) is 0.0633. The van der Waals surface area contributed by atoms with Crippen LogP contribution < -0.4 is 4.90 Å². The normalized spacial score (nSPS) is 12.4. The lowest BCUT2D eigenvalue weighted by atomic mass is 9.67. The van der Waals surface area contributed by atoms with E-state index in [0.29, 0.717) is 13.2 Å². The first-order valence-corrected chi connectivity index (χ1v) is 28.3. The maximum atomic E-state index is 6.25. The summed E-state index contributed by atoms with van der Waals surface area (Å²) < 4.78 is 8.67. The van der Waals surface area contributed by atoms with Crippen molar-refractivity contribution in [2.24, 2.45) is 0 Å². The van der Waals surface area contributed by atoms with E-state index in [-0.39, 0.29) is 0 Å². The van der Waals surface area contributed by atoms with Crippen molar-refractivity contribution in [3.63, 3.8) is 0 Å². The van der Waals surface area contributed by atoms with Crippen molar-refractivity contribution in [3.05, 3.63) is 349 Å². The second-order valence-corrected chi connectivity index (χ2v) is 21.3. The van der Waals surface area contributed by atoms with Crippen molar-refractivity contribution in [2.75, 3.05) is 11.5 Å². The van der Waals surface area contributed by atoms with Crippen LogP contribution in [0.2, 0.25) is 0 Å². The fourth-order valence-corrected chi connectivity index (χ4v) is 12.3. The summed E-state index contributed by atoms with van der Waals surface area (Å²) in [5.41, 5.74) is 24.6. The lowest BCUT2D eigenvalue weighted by Gasteiger charge is -2.35. The Hall–Kier alpha value is -10.1. The Balaban J connectivity index is 0.933. The number of aromatic nitrogens is 1. The van der Waals surface area contributed by atoms with Crippen LogP contribution in [-0.2, 0) is 23.2 Å². The minimum atomic E-state index is -0.657. The van der Waals surface area contributed by atoms with Crippen molar-refractivity contribution >= 4 is 38.9 Å². The summed E-state index contributed by atoms with van der Waals surface area (Å²) in [6, 6.07) is 98.6. The molecule has 0 fully saturated rings. The number of rotatable bonds is 17. The van der Waals surface area contributed by atoms with Crippen LogP contribution in [0, 0.1) is 0 Å².